The molecule has 1 fully saturated rings. The van der Waals surface area contributed by atoms with E-state index in [9.17, 15) is 13.2 Å². The fourth-order valence-electron chi connectivity index (χ4n) is 6.14. The predicted octanol–water partition coefficient (Wildman–Crippen LogP) is 7.27. The Hall–Kier alpha value is -2.61. The molecule has 1 heterocycles. The second kappa shape index (κ2) is 13.6. The summed E-state index contributed by atoms with van der Waals surface area (Å²) in [4.78, 5) is 16.5. The van der Waals surface area contributed by atoms with Gasteiger partial charge in [0.25, 0.3) is 0 Å². The SMILES string of the molecule is CCC(C)N(CC(=O)N(Cc1cccn1Cc1ccccc1Cl)C1CCCCC1)S(=O)(=O)c1c(C)cc(C)cc1C. The Kier molecular flexibility index (Phi) is 10.4. The number of carbonyl (C=O) groups excluding carboxylic acids is 1. The van der Waals surface area contributed by atoms with E-state index in [0.29, 0.717) is 40.6 Å². The molecule has 8 heteroatoms. The van der Waals surface area contributed by atoms with Crippen LogP contribution in [0.25, 0.3) is 0 Å². The first-order valence-electron chi connectivity index (χ1n) is 14.8. The van der Waals surface area contributed by atoms with Crippen LogP contribution in [-0.4, -0.2) is 46.7 Å². The van der Waals surface area contributed by atoms with Crippen molar-refractivity contribution < 1.29 is 13.2 Å². The van der Waals surface area contributed by atoms with Crippen molar-refractivity contribution in [2.75, 3.05) is 6.54 Å². The number of aromatic nitrogens is 1. The van der Waals surface area contributed by atoms with Crippen molar-refractivity contribution in [1.82, 2.24) is 13.8 Å². The molecule has 3 aromatic rings. The minimum Gasteiger partial charge on any atom is -0.345 e. The van der Waals surface area contributed by atoms with E-state index < -0.39 is 10.0 Å². The Morgan fingerprint density at radius 1 is 1.02 bits per heavy atom. The van der Waals surface area contributed by atoms with Gasteiger partial charge in [0.1, 0.15) is 0 Å². The van der Waals surface area contributed by atoms with E-state index in [0.717, 1.165) is 42.5 Å². The highest BCUT2D eigenvalue weighted by Gasteiger charge is 2.35. The Morgan fingerprint density at radius 3 is 2.32 bits per heavy atom. The molecule has 1 saturated carbocycles. The summed E-state index contributed by atoms with van der Waals surface area (Å²) in [5, 5.41) is 0.712. The number of hydrogen-bond donors (Lipinski definition) is 0. The lowest BCUT2D eigenvalue weighted by molar-refractivity contribution is -0.135. The molecule has 1 aliphatic rings. The lowest BCUT2D eigenvalue weighted by Gasteiger charge is -2.37. The second-order valence-corrected chi connectivity index (χ2v) is 13.8. The smallest absolute Gasteiger partial charge is 0.244 e. The third-order valence-corrected chi connectivity index (χ3v) is 11.1. The molecule has 1 aliphatic carbocycles. The maximum Gasteiger partial charge on any atom is 0.244 e. The van der Waals surface area contributed by atoms with Gasteiger partial charge >= 0.3 is 0 Å². The summed E-state index contributed by atoms with van der Waals surface area (Å²) in [6, 6.07) is 15.4. The number of rotatable bonds is 11. The molecule has 0 spiro atoms. The van der Waals surface area contributed by atoms with Gasteiger partial charge in [-0.15, -0.1) is 0 Å². The van der Waals surface area contributed by atoms with E-state index >= 15 is 0 Å². The van der Waals surface area contributed by atoms with Gasteiger partial charge in [-0.05, 0) is 81.8 Å². The summed E-state index contributed by atoms with van der Waals surface area (Å²) in [5.74, 6) is -0.145. The van der Waals surface area contributed by atoms with Gasteiger partial charge in [0.05, 0.1) is 18.0 Å². The van der Waals surface area contributed by atoms with Crippen molar-refractivity contribution in [3.05, 3.63) is 87.7 Å². The number of halogens is 1. The van der Waals surface area contributed by atoms with Gasteiger partial charge in [-0.3, -0.25) is 4.79 Å². The number of benzene rings is 2. The Labute approximate surface area is 251 Å². The van der Waals surface area contributed by atoms with E-state index in [1.807, 2.05) is 94.2 Å². The van der Waals surface area contributed by atoms with Gasteiger partial charge in [0.15, 0.2) is 0 Å². The first kappa shape index (κ1) is 31.3. The third-order valence-electron chi connectivity index (χ3n) is 8.44. The first-order chi connectivity index (χ1) is 19.5. The molecule has 2 aromatic carbocycles. The fraction of sp³-hybridized carbons (Fsp3) is 0.485. The normalized spacial score (nSPS) is 15.3. The Morgan fingerprint density at radius 2 is 1.68 bits per heavy atom. The first-order valence-corrected chi connectivity index (χ1v) is 16.6. The summed E-state index contributed by atoms with van der Waals surface area (Å²) >= 11 is 6.46. The van der Waals surface area contributed by atoms with E-state index in [1.54, 1.807) is 0 Å². The molecule has 1 atom stereocenters. The Balaban J connectivity index is 1.65. The minimum atomic E-state index is -3.90. The summed E-state index contributed by atoms with van der Waals surface area (Å²) in [7, 11) is -3.90. The van der Waals surface area contributed by atoms with Crippen LogP contribution in [-0.2, 0) is 27.9 Å². The van der Waals surface area contributed by atoms with Crippen LogP contribution in [0.3, 0.4) is 0 Å². The van der Waals surface area contributed by atoms with Crippen molar-refractivity contribution in [2.45, 2.75) is 103 Å². The predicted molar refractivity (Wildman–Crippen MR) is 167 cm³/mol. The second-order valence-electron chi connectivity index (χ2n) is 11.6. The van der Waals surface area contributed by atoms with Crippen LogP contribution in [0.5, 0.6) is 0 Å². The minimum absolute atomic E-state index is 0.0873. The van der Waals surface area contributed by atoms with Crippen LogP contribution >= 0.6 is 11.6 Å². The lowest BCUT2D eigenvalue weighted by atomic mass is 9.94. The molecule has 1 amide bonds. The van der Waals surface area contributed by atoms with E-state index in [4.69, 9.17) is 11.6 Å². The van der Waals surface area contributed by atoms with Gasteiger partial charge in [0.2, 0.25) is 15.9 Å². The molecule has 41 heavy (non-hydrogen) atoms. The number of aryl methyl sites for hydroxylation is 3. The highest BCUT2D eigenvalue weighted by Crippen LogP contribution is 2.29. The highest BCUT2D eigenvalue weighted by molar-refractivity contribution is 7.89. The number of carbonyl (C=O) groups is 1. The van der Waals surface area contributed by atoms with Crippen LogP contribution < -0.4 is 0 Å². The monoisotopic (exact) mass is 597 g/mol. The van der Waals surface area contributed by atoms with Crippen LogP contribution in [0, 0.1) is 20.8 Å². The van der Waals surface area contributed by atoms with Crippen molar-refractivity contribution in [3.8, 4) is 0 Å². The molecular weight excluding hydrogens is 554 g/mol. The number of sulfonamides is 1. The van der Waals surface area contributed by atoms with E-state index in [1.165, 1.54) is 10.7 Å². The van der Waals surface area contributed by atoms with Crippen LogP contribution in [0.15, 0.2) is 59.6 Å². The molecule has 222 valence electrons. The van der Waals surface area contributed by atoms with Gasteiger partial charge in [-0.1, -0.05) is 73.7 Å². The standard InChI is InChI=1S/C33H44ClN3O3S/c1-6-27(5)37(41(39,40)33-25(3)19-24(2)20-26(33)4)23-32(38)36(29-14-8-7-9-15-29)22-30-16-12-18-35(30)21-28-13-10-11-17-31(28)34/h10-13,16-20,27,29H,6-9,14-15,21-23H2,1-5H3. The van der Waals surface area contributed by atoms with Crippen molar-refractivity contribution in [2.24, 2.45) is 0 Å². The fourth-order valence-corrected chi connectivity index (χ4v) is 8.41. The summed E-state index contributed by atoms with van der Waals surface area (Å²) < 4.78 is 31.9. The zero-order valence-corrected chi connectivity index (χ0v) is 26.6. The zero-order chi connectivity index (χ0) is 29.7. The van der Waals surface area contributed by atoms with Gasteiger partial charge in [0, 0.05) is 35.5 Å². The van der Waals surface area contributed by atoms with Crippen LogP contribution in [0.1, 0.15) is 80.3 Å². The van der Waals surface area contributed by atoms with Crippen LogP contribution in [0.2, 0.25) is 5.02 Å². The van der Waals surface area contributed by atoms with Gasteiger partial charge in [-0.25, -0.2) is 8.42 Å². The number of hydrogen-bond acceptors (Lipinski definition) is 3. The number of amides is 1. The highest BCUT2D eigenvalue weighted by atomic mass is 35.5. The molecule has 1 unspecified atom stereocenters. The largest absolute Gasteiger partial charge is 0.345 e. The van der Waals surface area contributed by atoms with E-state index in [-0.39, 0.29) is 24.5 Å². The molecule has 6 nitrogen and oxygen atoms in total. The molecule has 1 aromatic heterocycles. The van der Waals surface area contributed by atoms with E-state index in [2.05, 4.69) is 4.57 Å². The van der Waals surface area contributed by atoms with Crippen molar-refractivity contribution in [1.29, 1.82) is 0 Å². The van der Waals surface area contributed by atoms with Crippen molar-refractivity contribution >= 4 is 27.5 Å². The van der Waals surface area contributed by atoms with Gasteiger partial charge in [-0.2, -0.15) is 4.31 Å². The quantitative estimate of drug-likeness (QED) is 0.234. The molecule has 0 saturated heterocycles. The molecule has 0 radical (unpaired) electrons. The maximum absolute atomic E-state index is 14.2. The topological polar surface area (TPSA) is 62.6 Å². The molecule has 0 aliphatic heterocycles. The lowest BCUT2D eigenvalue weighted by Crippen LogP contribution is -2.49. The average Bonchev–Trinajstić information content (AvgIpc) is 3.37. The van der Waals surface area contributed by atoms with Crippen LogP contribution in [0.4, 0.5) is 0 Å². The summed E-state index contributed by atoms with van der Waals surface area (Å²) in [6.07, 6.45) is 7.81. The maximum atomic E-state index is 14.2. The third kappa shape index (κ3) is 7.25. The molecular formula is C33H44ClN3O3S. The summed E-state index contributed by atoms with van der Waals surface area (Å²) in [6.45, 7) is 10.4. The summed E-state index contributed by atoms with van der Waals surface area (Å²) in [5.41, 5.74) is 4.47. The zero-order valence-electron chi connectivity index (χ0n) is 25.1. The molecule has 0 N–H and O–H groups in total. The average molecular weight is 598 g/mol. The Bertz CT molecular complexity index is 1440. The molecule has 4 rings (SSSR count). The van der Waals surface area contributed by atoms with Crippen molar-refractivity contribution in [3.63, 3.8) is 0 Å². The molecule has 0 bridgehead atoms. The van der Waals surface area contributed by atoms with Gasteiger partial charge < -0.3 is 9.47 Å². The number of nitrogens with zero attached hydrogens (tertiary/aromatic N) is 3.